The van der Waals surface area contributed by atoms with Gasteiger partial charge in [-0.05, 0) is 61.4 Å². The molecule has 7 heteroatoms. The molecule has 0 spiro atoms. The van der Waals surface area contributed by atoms with Gasteiger partial charge in [0.05, 0.1) is 24.6 Å². The Hall–Kier alpha value is -2.77. The van der Waals surface area contributed by atoms with Crippen LogP contribution >= 0.6 is 0 Å². The van der Waals surface area contributed by atoms with Crippen molar-refractivity contribution in [1.29, 1.82) is 0 Å². The van der Waals surface area contributed by atoms with E-state index in [0.717, 1.165) is 47.2 Å². The van der Waals surface area contributed by atoms with Crippen LogP contribution in [0, 0.1) is 12.8 Å². The van der Waals surface area contributed by atoms with Crippen LogP contribution in [-0.2, 0) is 25.6 Å². The summed E-state index contributed by atoms with van der Waals surface area (Å²) in [7, 11) is 3.93. The van der Waals surface area contributed by atoms with Crippen molar-refractivity contribution in [2.45, 2.75) is 72.6 Å². The third kappa shape index (κ3) is 9.03. The van der Waals surface area contributed by atoms with Crippen LogP contribution in [0.4, 0.5) is 5.69 Å². The van der Waals surface area contributed by atoms with Gasteiger partial charge in [0.1, 0.15) is 18.4 Å². The summed E-state index contributed by atoms with van der Waals surface area (Å²) in [5.74, 6) is -0.0277. The maximum atomic E-state index is 12.6. The topological polar surface area (TPSA) is 80.2 Å². The molecule has 36 heavy (non-hydrogen) atoms. The molecule has 2 rings (SSSR count). The van der Waals surface area contributed by atoms with Gasteiger partial charge in [-0.25, -0.2) is 0 Å². The Morgan fingerprint density at radius 3 is 2.64 bits per heavy atom. The molecule has 1 aliphatic heterocycles. The maximum Gasteiger partial charge on any atom is 0.323 e. The zero-order valence-electron chi connectivity index (χ0n) is 23.0. The average molecular weight is 498 g/mol. The molecule has 7 nitrogen and oxygen atoms in total. The van der Waals surface area contributed by atoms with Gasteiger partial charge in [0.15, 0.2) is 0 Å². The van der Waals surface area contributed by atoms with Crippen molar-refractivity contribution < 1.29 is 19.1 Å². The highest BCUT2D eigenvalue weighted by molar-refractivity contribution is 6.06. The van der Waals surface area contributed by atoms with E-state index in [1.165, 1.54) is 0 Å². The minimum absolute atomic E-state index is 0.144. The van der Waals surface area contributed by atoms with Crippen LogP contribution in [0.2, 0.25) is 0 Å². The Labute approximate surface area is 216 Å². The van der Waals surface area contributed by atoms with Gasteiger partial charge in [-0.3, -0.25) is 14.6 Å². The van der Waals surface area contributed by atoms with Gasteiger partial charge in [-0.2, -0.15) is 0 Å². The van der Waals surface area contributed by atoms with Crippen molar-refractivity contribution in [3.05, 3.63) is 52.7 Å². The number of ether oxygens (including phenoxy) is 2. The summed E-state index contributed by atoms with van der Waals surface area (Å²) in [6, 6.07) is 5.80. The first-order chi connectivity index (χ1) is 17.2. The number of nitrogens with zero attached hydrogens (tertiary/aromatic N) is 2. The van der Waals surface area contributed by atoms with Gasteiger partial charge in [-0.15, -0.1) is 0 Å². The van der Waals surface area contributed by atoms with Crippen molar-refractivity contribution in [3.8, 4) is 0 Å². The van der Waals surface area contributed by atoms with Crippen LogP contribution < -0.4 is 5.32 Å². The highest BCUT2D eigenvalue weighted by atomic mass is 16.6. The smallest absolute Gasteiger partial charge is 0.323 e. The molecule has 3 atom stereocenters. The molecule has 198 valence electrons. The number of hydrogen-bond donors (Lipinski definition) is 1. The van der Waals surface area contributed by atoms with Crippen LogP contribution in [0.3, 0.4) is 0 Å². The van der Waals surface area contributed by atoms with Crippen LogP contribution in [0.15, 0.2) is 46.6 Å². The molecule has 0 aliphatic carbocycles. The lowest BCUT2D eigenvalue weighted by molar-refractivity contribution is -0.151. The summed E-state index contributed by atoms with van der Waals surface area (Å²) in [6.07, 6.45) is 6.94. The summed E-state index contributed by atoms with van der Waals surface area (Å²) >= 11 is 0. The van der Waals surface area contributed by atoms with E-state index in [1.807, 2.05) is 45.1 Å². The fraction of sp³-hybridized carbons (Fsp3) is 0.552. The molecular weight excluding hydrogens is 454 g/mol. The molecule has 1 heterocycles. The first-order valence-electron chi connectivity index (χ1n) is 12.9. The summed E-state index contributed by atoms with van der Waals surface area (Å²) in [5.41, 5.74) is 5.49. The molecule has 1 saturated heterocycles. The minimum Gasteiger partial charge on any atom is -0.459 e. The Morgan fingerprint density at radius 1 is 1.31 bits per heavy atom. The van der Waals surface area contributed by atoms with Crippen molar-refractivity contribution >= 4 is 23.7 Å². The molecular formula is C29H43N3O4. The average Bonchev–Trinajstić information content (AvgIpc) is 3.36. The number of carbonyl (C=O) groups is 2. The lowest BCUT2D eigenvalue weighted by Gasteiger charge is -2.19. The lowest BCUT2D eigenvalue weighted by Crippen LogP contribution is -2.39. The Bertz CT molecular complexity index is 975. The van der Waals surface area contributed by atoms with E-state index in [9.17, 15) is 9.59 Å². The maximum absolute atomic E-state index is 12.6. The van der Waals surface area contributed by atoms with Gasteiger partial charge in [0.25, 0.3) is 0 Å². The first-order valence-corrected chi connectivity index (χ1v) is 12.9. The standard InChI is InChI=1S/C29H43N3O4/c1-8-21(4)28(24(17-32(6)7)14-20(3)18-33)31-27-15-23(11-10-22(27)5)16-30-26(9-2)29(34)36-25-12-13-35-19-25/h10-11,14-15,17-18,21,25-26,30H,8-9,12-13,16,19H2,1-7H3/b20-14-,24-17+,31-28?/t21?,25-,26-/m0/s1. The van der Waals surface area contributed by atoms with Crippen molar-refractivity contribution in [2.75, 3.05) is 27.3 Å². The van der Waals surface area contributed by atoms with Crippen LogP contribution in [0.1, 0.15) is 58.1 Å². The molecule has 1 unspecified atom stereocenters. The Kier molecular flexibility index (Phi) is 12.0. The van der Waals surface area contributed by atoms with Crippen molar-refractivity contribution in [1.82, 2.24) is 10.2 Å². The molecule has 1 aliphatic rings. The normalized spacial score (nSPS) is 18.6. The molecule has 1 aromatic carbocycles. The highest BCUT2D eigenvalue weighted by Gasteiger charge is 2.24. The predicted octanol–water partition coefficient (Wildman–Crippen LogP) is 4.90. The summed E-state index contributed by atoms with van der Waals surface area (Å²) in [4.78, 5) is 31.0. The quantitative estimate of drug-likeness (QED) is 0.137. The van der Waals surface area contributed by atoms with E-state index < -0.39 is 0 Å². The van der Waals surface area contributed by atoms with Gasteiger partial charge < -0.3 is 19.7 Å². The molecule has 0 aromatic heterocycles. The van der Waals surface area contributed by atoms with Crippen LogP contribution in [-0.4, -0.2) is 62.3 Å². The molecule has 1 N–H and O–H groups in total. The van der Waals surface area contributed by atoms with E-state index in [0.29, 0.717) is 31.8 Å². The number of hydrogen-bond acceptors (Lipinski definition) is 7. The van der Waals surface area contributed by atoms with Gasteiger partial charge >= 0.3 is 5.97 Å². The fourth-order valence-corrected chi connectivity index (χ4v) is 3.89. The number of aliphatic imine (C=N–C) groups is 1. The van der Waals surface area contributed by atoms with Crippen molar-refractivity contribution in [3.63, 3.8) is 0 Å². The third-order valence-electron chi connectivity index (χ3n) is 6.27. The largest absolute Gasteiger partial charge is 0.459 e. The third-order valence-corrected chi connectivity index (χ3v) is 6.27. The monoisotopic (exact) mass is 497 g/mol. The first kappa shape index (κ1) is 29.5. The number of carbonyl (C=O) groups excluding carboxylic acids is 2. The lowest BCUT2D eigenvalue weighted by atomic mass is 9.94. The van der Waals surface area contributed by atoms with E-state index in [4.69, 9.17) is 14.5 Å². The number of aldehydes is 1. The zero-order chi connectivity index (χ0) is 26.7. The number of benzene rings is 1. The Morgan fingerprint density at radius 2 is 2.06 bits per heavy atom. The SMILES string of the molecule is CCC(C)C(=Nc1cc(CN[C@@H](CC)C(=O)O[C@H]2CCOC2)ccc1C)C(/C=C(/C)C=O)=C/N(C)C. The van der Waals surface area contributed by atoms with Gasteiger partial charge in [-0.1, -0.05) is 32.9 Å². The second-order valence-electron chi connectivity index (χ2n) is 9.75. The number of rotatable bonds is 13. The van der Waals surface area contributed by atoms with Crippen LogP contribution in [0.25, 0.3) is 0 Å². The summed E-state index contributed by atoms with van der Waals surface area (Å²) in [5, 5.41) is 3.35. The summed E-state index contributed by atoms with van der Waals surface area (Å²) in [6.45, 7) is 11.8. The number of nitrogens with one attached hydrogen (secondary N) is 1. The molecule has 1 aromatic rings. The minimum atomic E-state index is -0.374. The number of esters is 1. The fourth-order valence-electron chi connectivity index (χ4n) is 3.89. The highest BCUT2D eigenvalue weighted by Crippen LogP contribution is 2.25. The molecule has 0 radical (unpaired) electrons. The number of aryl methyl sites for hydroxylation is 1. The Balaban J connectivity index is 2.30. The van der Waals surface area contributed by atoms with E-state index in [1.54, 1.807) is 6.92 Å². The van der Waals surface area contributed by atoms with E-state index in [-0.39, 0.29) is 24.0 Å². The number of allylic oxidation sites excluding steroid dienone is 3. The molecule has 1 fully saturated rings. The van der Waals surface area contributed by atoms with E-state index in [2.05, 4.69) is 37.4 Å². The second kappa shape index (κ2) is 14.7. The van der Waals surface area contributed by atoms with Gasteiger partial charge in [0, 0.05) is 38.8 Å². The van der Waals surface area contributed by atoms with Crippen molar-refractivity contribution in [2.24, 2.45) is 10.9 Å². The van der Waals surface area contributed by atoms with E-state index >= 15 is 0 Å². The van der Waals surface area contributed by atoms with Gasteiger partial charge in [0.2, 0.25) is 0 Å². The molecule has 0 amide bonds. The molecule has 0 bridgehead atoms. The van der Waals surface area contributed by atoms with Crippen LogP contribution in [0.5, 0.6) is 0 Å². The molecule has 0 saturated carbocycles. The summed E-state index contributed by atoms with van der Waals surface area (Å²) < 4.78 is 10.9. The zero-order valence-corrected chi connectivity index (χ0v) is 23.0. The second-order valence-corrected chi connectivity index (χ2v) is 9.75. The predicted molar refractivity (Wildman–Crippen MR) is 146 cm³/mol.